The van der Waals surface area contributed by atoms with Crippen LogP contribution in [-0.4, -0.2) is 23.3 Å². The number of imidazole rings is 1. The van der Waals surface area contributed by atoms with Crippen molar-refractivity contribution in [1.29, 1.82) is 0 Å². The summed E-state index contributed by atoms with van der Waals surface area (Å²) in [6, 6.07) is 25.6. The number of fused-ring (bicyclic) bond motifs is 1. The summed E-state index contributed by atoms with van der Waals surface area (Å²) in [6.45, 7) is 1.87. The summed E-state index contributed by atoms with van der Waals surface area (Å²) in [4.78, 5) is 4.77. The second-order valence-corrected chi connectivity index (χ2v) is 6.65. The molecule has 0 saturated heterocycles. The molecule has 0 atom stereocenters. The Morgan fingerprint density at radius 3 is 2.24 bits per heavy atom. The molecule has 1 heterocycles. The largest absolute Gasteiger partial charge is 0.497 e. The number of para-hydroxylation sites is 3. The van der Waals surface area contributed by atoms with E-state index in [1.807, 2.05) is 72.8 Å². The lowest BCUT2D eigenvalue weighted by Gasteiger charge is -2.11. The van der Waals surface area contributed by atoms with E-state index in [1.165, 1.54) is 0 Å². The Kier molecular flexibility index (Phi) is 5.95. The van der Waals surface area contributed by atoms with Crippen molar-refractivity contribution in [2.24, 2.45) is 0 Å². The Balaban J connectivity index is 1.43. The quantitative estimate of drug-likeness (QED) is 0.375. The Labute approximate surface area is 170 Å². The molecule has 5 nitrogen and oxygen atoms in total. The van der Waals surface area contributed by atoms with Gasteiger partial charge < -0.3 is 18.8 Å². The van der Waals surface area contributed by atoms with Crippen LogP contribution in [0.4, 0.5) is 0 Å². The topological polar surface area (TPSA) is 45.5 Å². The Morgan fingerprint density at radius 2 is 1.45 bits per heavy atom. The molecule has 0 aliphatic heterocycles. The van der Waals surface area contributed by atoms with Crippen LogP contribution >= 0.6 is 0 Å². The number of rotatable bonds is 9. The van der Waals surface area contributed by atoms with Gasteiger partial charge in [0.05, 0.1) is 24.8 Å². The Hall–Kier alpha value is -3.47. The average molecular weight is 388 g/mol. The predicted molar refractivity (Wildman–Crippen MR) is 114 cm³/mol. The van der Waals surface area contributed by atoms with E-state index in [2.05, 4.69) is 10.6 Å². The molecule has 29 heavy (non-hydrogen) atoms. The van der Waals surface area contributed by atoms with Crippen LogP contribution in [0.25, 0.3) is 11.0 Å². The minimum absolute atomic E-state index is 0.403. The van der Waals surface area contributed by atoms with Gasteiger partial charge in [-0.1, -0.05) is 30.3 Å². The SMILES string of the molecule is COc1ccc(OCc2nc3ccccc3n2CCCOc2ccccc2)cc1. The Morgan fingerprint density at radius 1 is 0.759 bits per heavy atom. The highest BCUT2D eigenvalue weighted by Gasteiger charge is 2.11. The van der Waals surface area contributed by atoms with Crippen LogP contribution in [0, 0.1) is 0 Å². The van der Waals surface area contributed by atoms with E-state index in [0.717, 1.165) is 47.1 Å². The highest BCUT2D eigenvalue weighted by molar-refractivity contribution is 5.75. The van der Waals surface area contributed by atoms with E-state index < -0.39 is 0 Å². The predicted octanol–water partition coefficient (Wildman–Crippen LogP) is 5.09. The van der Waals surface area contributed by atoms with Gasteiger partial charge in [0.15, 0.2) is 0 Å². The number of methoxy groups -OCH3 is 1. The molecule has 1 aromatic heterocycles. The molecule has 0 unspecified atom stereocenters. The summed E-state index contributed by atoms with van der Waals surface area (Å²) in [5, 5.41) is 0. The maximum Gasteiger partial charge on any atom is 0.147 e. The maximum atomic E-state index is 5.97. The third-order valence-electron chi connectivity index (χ3n) is 4.70. The molecule has 0 amide bonds. The summed E-state index contributed by atoms with van der Waals surface area (Å²) in [6.07, 6.45) is 0.880. The third-order valence-corrected chi connectivity index (χ3v) is 4.70. The highest BCUT2D eigenvalue weighted by atomic mass is 16.5. The van der Waals surface area contributed by atoms with Crippen LogP contribution in [0.15, 0.2) is 78.9 Å². The molecular weight excluding hydrogens is 364 g/mol. The van der Waals surface area contributed by atoms with Crippen LogP contribution in [0.2, 0.25) is 0 Å². The number of hydrogen-bond acceptors (Lipinski definition) is 4. The highest BCUT2D eigenvalue weighted by Crippen LogP contribution is 2.21. The van der Waals surface area contributed by atoms with Crippen molar-refractivity contribution in [3.63, 3.8) is 0 Å². The first-order chi connectivity index (χ1) is 14.3. The van der Waals surface area contributed by atoms with Crippen LogP contribution < -0.4 is 14.2 Å². The van der Waals surface area contributed by atoms with Gasteiger partial charge in [-0.15, -0.1) is 0 Å². The standard InChI is InChI=1S/C24H24N2O3/c1-27-19-12-14-21(15-13-19)29-18-24-25-22-10-5-6-11-23(22)26(24)16-7-17-28-20-8-3-2-4-9-20/h2-6,8-15H,7,16-18H2,1H3. The van der Waals surface area contributed by atoms with Crippen molar-refractivity contribution in [2.45, 2.75) is 19.6 Å². The first-order valence-corrected chi connectivity index (χ1v) is 9.72. The monoisotopic (exact) mass is 388 g/mol. The van der Waals surface area contributed by atoms with Gasteiger partial charge >= 0.3 is 0 Å². The normalized spacial score (nSPS) is 10.8. The van der Waals surface area contributed by atoms with Gasteiger partial charge in [-0.25, -0.2) is 4.98 Å². The van der Waals surface area contributed by atoms with Gasteiger partial charge in [0.1, 0.15) is 29.7 Å². The summed E-state index contributed by atoms with van der Waals surface area (Å²) < 4.78 is 19.2. The molecule has 0 aliphatic rings. The lowest BCUT2D eigenvalue weighted by Crippen LogP contribution is -2.10. The van der Waals surface area contributed by atoms with E-state index >= 15 is 0 Å². The third kappa shape index (κ3) is 4.69. The molecule has 0 radical (unpaired) electrons. The molecule has 5 heteroatoms. The minimum atomic E-state index is 0.403. The van der Waals surface area contributed by atoms with Crippen LogP contribution in [0.1, 0.15) is 12.2 Å². The lowest BCUT2D eigenvalue weighted by molar-refractivity contribution is 0.280. The first-order valence-electron chi connectivity index (χ1n) is 9.72. The molecule has 0 bridgehead atoms. The molecule has 4 rings (SSSR count). The van der Waals surface area contributed by atoms with Crippen molar-refractivity contribution in [3.8, 4) is 17.2 Å². The fraction of sp³-hybridized carbons (Fsp3) is 0.208. The van der Waals surface area contributed by atoms with Crippen LogP contribution in [0.5, 0.6) is 17.2 Å². The zero-order chi connectivity index (χ0) is 19.9. The molecule has 0 saturated carbocycles. The van der Waals surface area contributed by atoms with Crippen LogP contribution in [0.3, 0.4) is 0 Å². The number of hydrogen-bond donors (Lipinski definition) is 0. The summed E-state index contributed by atoms with van der Waals surface area (Å²) in [5.74, 6) is 3.40. The zero-order valence-electron chi connectivity index (χ0n) is 16.5. The number of benzene rings is 3. The smallest absolute Gasteiger partial charge is 0.147 e. The molecule has 0 fully saturated rings. The van der Waals surface area contributed by atoms with Gasteiger partial charge in [-0.2, -0.15) is 0 Å². The molecule has 0 aliphatic carbocycles. The fourth-order valence-corrected chi connectivity index (χ4v) is 3.23. The lowest BCUT2D eigenvalue weighted by atomic mass is 10.3. The zero-order valence-corrected chi connectivity index (χ0v) is 16.5. The van der Waals surface area contributed by atoms with Gasteiger partial charge in [0.25, 0.3) is 0 Å². The minimum Gasteiger partial charge on any atom is -0.497 e. The average Bonchev–Trinajstić information content (AvgIpc) is 3.14. The van der Waals surface area contributed by atoms with Crippen molar-refractivity contribution in [3.05, 3.63) is 84.7 Å². The molecule has 3 aromatic carbocycles. The number of ether oxygens (including phenoxy) is 3. The molecule has 148 valence electrons. The number of aromatic nitrogens is 2. The van der Waals surface area contributed by atoms with Crippen LogP contribution in [-0.2, 0) is 13.2 Å². The summed E-state index contributed by atoms with van der Waals surface area (Å²) in [7, 11) is 1.65. The van der Waals surface area contributed by atoms with Crippen molar-refractivity contribution in [1.82, 2.24) is 9.55 Å². The van der Waals surface area contributed by atoms with Crippen molar-refractivity contribution < 1.29 is 14.2 Å². The molecule has 4 aromatic rings. The number of aryl methyl sites for hydroxylation is 1. The van der Waals surface area contributed by atoms with Gasteiger partial charge in [-0.05, 0) is 55.0 Å². The summed E-state index contributed by atoms with van der Waals surface area (Å²) >= 11 is 0. The first kappa shape index (κ1) is 18.9. The second kappa shape index (κ2) is 9.15. The van der Waals surface area contributed by atoms with E-state index in [-0.39, 0.29) is 0 Å². The van der Waals surface area contributed by atoms with Crippen molar-refractivity contribution in [2.75, 3.05) is 13.7 Å². The fourth-order valence-electron chi connectivity index (χ4n) is 3.23. The maximum absolute atomic E-state index is 5.97. The van der Waals surface area contributed by atoms with E-state index in [0.29, 0.717) is 13.2 Å². The van der Waals surface area contributed by atoms with Gasteiger partial charge in [0.2, 0.25) is 0 Å². The van der Waals surface area contributed by atoms with E-state index in [1.54, 1.807) is 7.11 Å². The Bertz CT molecular complexity index is 1040. The second-order valence-electron chi connectivity index (χ2n) is 6.65. The number of nitrogens with zero attached hydrogens (tertiary/aromatic N) is 2. The summed E-state index contributed by atoms with van der Waals surface area (Å²) in [5.41, 5.74) is 2.09. The van der Waals surface area contributed by atoms with Crippen molar-refractivity contribution >= 4 is 11.0 Å². The van der Waals surface area contributed by atoms with E-state index in [9.17, 15) is 0 Å². The molecule has 0 N–H and O–H groups in total. The molecule has 0 spiro atoms. The molecular formula is C24H24N2O3. The van der Waals surface area contributed by atoms with Gasteiger partial charge in [-0.3, -0.25) is 0 Å². The van der Waals surface area contributed by atoms with Gasteiger partial charge in [0, 0.05) is 6.54 Å². The van der Waals surface area contributed by atoms with E-state index in [4.69, 9.17) is 19.2 Å².